The molecule has 21 heavy (non-hydrogen) atoms. The maximum absolute atomic E-state index is 11.9. The van der Waals surface area contributed by atoms with Gasteiger partial charge in [-0.1, -0.05) is 33.7 Å². The van der Waals surface area contributed by atoms with Crippen LogP contribution >= 0.6 is 8.73 Å². The maximum atomic E-state index is 11.9. The quantitative estimate of drug-likeness (QED) is 0.535. The van der Waals surface area contributed by atoms with Crippen LogP contribution in [-0.2, 0) is 9.53 Å². The summed E-state index contributed by atoms with van der Waals surface area (Å²) < 4.78 is 5.72. The molecule has 1 rings (SSSR count). The van der Waals surface area contributed by atoms with Gasteiger partial charge in [0.15, 0.2) is 0 Å². The molecule has 4 atom stereocenters. The summed E-state index contributed by atoms with van der Waals surface area (Å²) in [5.41, 5.74) is 0. The van der Waals surface area contributed by atoms with Crippen molar-refractivity contribution in [2.24, 2.45) is 0 Å². The number of carbonyl (C=O) groups is 1. The molecule has 0 fully saturated rings. The van der Waals surface area contributed by atoms with E-state index in [4.69, 9.17) is 4.74 Å². The first-order chi connectivity index (χ1) is 10.1. The zero-order chi connectivity index (χ0) is 15.5. The molecule has 122 valence electrons. The fraction of sp³-hybridized carbons (Fsp3) is 0.812. The van der Waals surface area contributed by atoms with Crippen LogP contribution in [-0.4, -0.2) is 37.4 Å². The molecule has 0 aromatic carbocycles. The predicted octanol–water partition coefficient (Wildman–Crippen LogP) is 2.99. The molecule has 0 aliphatic heterocycles. The van der Waals surface area contributed by atoms with Gasteiger partial charge < -0.3 is 10.1 Å². The SMILES string of the molecule is CPNC(C)CC(C)NC(=O)COC1/C=C\CCCCC1. The smallest absolute Gasteiger partial charge is 0.246 e. The van der Waals surface area contributed by atoms with E-state index in [1.165, 1.54) is 19.3 Å². The molecule has 0 spiro atoms. The van der Waals surface area contributed by atoms with Crippen LogP contribution < -0.4 is 10.4 Å². The van der Waals surface area contributed by atoms with Crippen molar-refractivity contribution >= 4 is 14.6 Å². The third-order valence-electron chi connectivity index (χ3n) is 3.64. The van der Waals surface area contributed by atoms with E-state index in [2.05, 4.69) is 36.1 Å². The highest BCUT2D eigenvalue weighted by Gasteiger charge is 2.13. The Morgan fingerprint density at radius 3 is 2.90 bits per heavy atom. The topological polar surface area (TPSA) is 50.4 Å². The van der Waals surface area contributed by atoms with E-state index in [-0.39, 0.29) is 24.7 Å². The molecule has 0 radical (unpaired) electrons. The van der Waals surface area contributed by atoms with E-state index in [9.17, 15) is 4.79 Å². The molecule has 1 aliphatic rings. The van der Waals surface area contributed by atoms with E-state index in [1.807, 2.05) is 6.92 Å². The molecule has 4 nitrogen and oxygen atoms in total. The van der Waals surface area contributed by atoms with Crippen molar-refractivity contribution in [3.05, 3.63) is 12.2 Å². The van der Waals surface area contributed by atoms with Gasteiger partial charge in [-0.05, 0) is 46.2 Å². The molecular weight excluding hydrogens is 283 g/mol. The summed E-state index contributed by atoms with van der Waals surface area (Å²) >= 11 is 0. The summed E-state index contributed by atoms with van der Waals surface area (Å²) in [6.07, 6.45) is 11.2. The molecule has 0 bridgehead atoms. The van der Waals surface area contributed by atoms with Gasteiger partial charge in [0.1, 0.15) is 6.61 Å². The lowest BCUT2D eigenvalue weighted by molar-refractivity contribution is -0.127. The summed E-state index contributed by atoms with van der Waals surface area (Å²) in [5, 5.41) is 6.39. The molecule has 0 saturated heterocycles. The maximum Gasteiger partial charge on any atom is 0.246 e. The summed E-state index contributed by atoms with van der Waals surface area (Å²) in [4.78, 5) is 11.9. The molecule has 0 saturated carbocycles. The second-order valence-corrected chi connectivity index (χ2v) is 6.70. The normalized spacial score (nSPS) is 24.2. The van der Waals surface area contributed by atoms with E-state index >= 15 is 0 Å². The van der Waals surface area contributed by atoms with Crippen LogP contribution in [0.1, 0.15) is 52.4 Å². The van der Waals surface area contributed by atoms with Gasteiger partial charge in [0, 0.05) is 12.1 Å². The van der Waals surface area contributed by atoms with Gasteiger partial charge in [0.2, 0.25) is 5.91 Å². The lowest BCUT2D eigenvalue weighted by atomic mass is 10.0. The Balaban J connectivity index is 2.21. The molecule has 5 heteroatoms. The van der Waals surface area contributed by atoms with Crippen LogP contribution in [0.2, 0.25) is 0 Å². The Labute approximate surface area is 131 Å². The average Bonchev–Trinajstić information content (AvgIpc) is 2.37. The molecule has 0 heterocycles. The number of carbonyl (C=O) groups excluding carboxylic acids is 1. The minimum absolute atomic E-state index is 0.0101. The largest absolute Gasteiger partial charge is 0.364 e. The molecule has 2 N–H and O–H groups in total. The Bertz CT molecular complexity index is 323. The molecule has 4 unspecified atom stereocenters. The fourth-order valence-corrected chi connectivity index (χ4v) is 3.27. The van der Waals surface area contributed by atoms with Crippen molar-refractivity contribution in [3.8, 4) is 0 Å². The third kappa shape index (κ3) is 9.23. The van der Waals surface area contributed by atoms with E-state index in [0.717, 1.165) is 28.0 Å². The summed E-state index contributed by atoms with van der Waals surface area (Å²) in [6, 6.07) is 0.603. The summed E-state index contributed by atoms with van der Waals surface area (Å²) in [6.45, 7) is 6.48. The van der Waals surface area contributed by atoms with Crippen LogP contribution in [0, 0.1) is 0 Å². The Morgan fingerprint density at radius 2 is 2.14 bits per heavy atom. The first kappa shape index (κ1) is 18.6. The summed E-state index contributed by atoms with van der Waals surface area (Å²) in [5.74, 6) is -0.0101. The van der Waals surface area contributed by atoms with Crippen molar-refractivity contribution < 1.29 is 9.53 Å². The highest BCUT2D eigenvalue weighted by atomic mass is 31.1. The lowest BCUT2D eigenvalue weighted by Crippen LogP contribution is -2.39. The predicted molar refractivity (Wildman–Crippen MR) is 91.0 cm³/mol. The van der Waals surface area contributed by atoms with Gasteiger partial charge in [-0.15, -0.1) is 0 Å². The monoisotopic (exact) mass is 314 g/mol. The molecule has 1 amide bonds. The van der Waals surface area contributed by atoms with E-state index < -0.39 is 0 Å². The number of amides is 1. The number of rotatable bonds is 8. The van der Waals surface area contributed by atoms with Crippen LogP contribution in [0.15, 0.2) is 12.2 Å². The average molecular weight is 314 g/mol. The van der Waals surface area contributed by atoms with Crippen LogP contribution in [0.4, 0.5) is 0 Å². The van der Waals surface area contributed by atoms with Crippen molar-refractivity contribution in [1.29, 1.82) is 0 Å². The van der Waals surface area contributed by atoms with Crippen molar-refractivity contribution in [3.63, 3.8) is 0 Å². The number of ether oxygens (including phenoxy) is 1. The van der Waals surface area contributed by atoms with Gasteiger partial charge in [-0.25, -0.2) is 0 Å². The third-order valence-corrected chi connectivity index (χ3v) is 4.43. The first-order valence-electron chi connectivity index (χ1n) is 8.11. The standard InChI is InChI=1S/C16H31N2O2P/c1-13(11-14(2)18-21-3)17-16(19)12-20-15-9-7-5-4-6-8-10-15/h7,9,13-15,18,21H,4-6,8,10-12H2,1-3H3,(H,17,19)/b9-7-. The number of nitrogens with one attached hydrogen (secondary N) is 2. The zero-order valence-electron chi connectivity index (χ0n) is 13.7. The van der Waals surface area contributed by atoms with E-state index in [1.54, 1.807) is 0 Å². The lowest BCUT2D eigenvalue weighted by Gasteiger charge is -2.20. The minimum Gasteiger partial charge on any atom is -0.364 e. The van der Waals surface area contributed by atoms with Crippen molar-refractivity contribution in [1.82, 2.24) is 10.4 Å². The van der Waals surface area contributed by atoms with Gasteiger partial charge >= 0.3 is 0 Å². The fourth-order valence-electron chi connectivity index (χ4n) is 2.66. The van der Waals surface area contributed by atoms with Gasteiger partial charge in [-0.3, -0.25) is 9.88 Å². The summed E-state index contributed by atoms with van der Waals surface area (Å²) in [7, 11) is 0.740. The second-order valence-electron chi connectivity index (χ2n) is 5.92. The Kier molecular flexibility index (Phi) is 9.90. The van der Waals surface area contributed by atoms with Crippen LogP contribution in [0.3, 0.4) is 0 Å². The number of hydrogen-bond acceptors (Lipinski definition) is 3. The Morgan fingerprint density at radius 1 is 1.33 bits per heavy atom. The molecule has 0 aromatic rings. The van der Waals surface area contributed by atoms with Crippen LogP contribution in [0.5, 0.6) is 0 Å². The number of allylic oxidation sites excluding steroid dienone is 1. The molecular formula is C16H31N2O2P. The van der Waals surface area contributed by atoms with Gasteiger partial charge in [-0.2, -0.15) is 0 Å². The highest BCUT2D eigenvalue weighted by molar-refractivity contribution is 7.34. The van der Waals surface area contributed by atoms with Crippen molar-refractivity contribution in [2.45, 2.75) is 70.6 Å². The second kappa shape index (κ2) is 11.2. The first-order valence-corrected chi connectivity index (χ1v) is 9.61. The highest BCUT2D eigenvalue weighted by Crippen LogP contribution is 2.14. The van der Waals surface area contributed by atoms with Gasteiger partial charge in [0.05, 0.1) is 6.10 Å². The van der Waals surface area contributed by atoms with Crippen LogP contribution in [0.25, 0.3) is 0 Å². The minimum atomic E-state index is -0.0101. The Hall–Kier alpha value is -0.440. The molecule has 1 aliphatic carbocycles. The zero-order valence-corrected chi connectivity index (χ0v) is 14.7. The molecule has 0 aromatic heterocycles. The number of hydrogen-bond donors (Lipinski definition) is 2. The van der Waals surface area contributed by atoms with E-state index in [0.29, 0.717) is 6.04 Å². The van der Waals surface area contributed by atoms with Crippen molar-refractivity contribution in [2.75, 3.05) is 13.3 Å². The van der Waals surface area contributed by atoms with Gasteiger partial charge in [0.25, 0.3) is 0 Å².